The summed E-state index contributed by atoms with van der Waals surface area (Å²) in [5.74, 6) is -0.0668. The Labute approximate surface area is 194 Å². The average molecular weight is 447 g/mol. The summed E-state index contributed by atoms with van der Waals surface area (Å²) in [6, 6.07) is 17.1. The lowest BCUT2D eigenvalue weighted by Gasteiger charge is -2.28. The van der Waals surface area contributed by atoms with E-state index in [0.717, 1.165) is 35.1 Å². The second-order valence-electron chi connectivity index (χ2n) is 8.64. The zero-order valence-corrected chi connectivity index (χ0v) is 19.1. The van der Waals surface area contributed by atoms with Crippen LogP contribution in [0.4, 0.5) is 11.5 Å². The first kappa shape index (κ1) is 22.7. The Kier molecular flexibility index (Phi) is 7.19. The molecule has 7 heteroatoms. The van der Waals surface area contributed by atoms with Gasteiger partial charge >= 0.3 is 0 Å². The van der Waals surface area contributed by atoms with Crippen LogP contribution in [0.5, 0.6) is 0 Å². The number of hydrogen-bond acceptors (Lipinski definition) is 5. The van der Waals surface area contributed by atoms with E-state index in [-0.39, 0.29) is 24.2 Å². The number of fused-ring (bicyclic) bond motifs is 1. The van der Waals surface area contributed by atoms with Crippen molar-refractivity contribution in [3.05, 3.63) is 66.4 Å². The van der Waals surface area contributed by atoms with Crippen molar-refractivity contribution < 1.29 is 14.3 Å². The molecule has 2 N–H and O–H groups in total. The quantitative estimate of drug-likeness (QED) is 0.581. The summed E-state index contributed by atoms with van der Waals surface area (Å²) in [5.41, 5.74) is 1.91. The zero-order chi connectivity index (χ0) is 23.2. The Balaban J connectivity index is 1.36. The number of anilines is 2. The van der Waals surface area contributed by atoms with Crippen LogP contribution in [0.2, 0.25) is 0 Å². The Morgan fingerprint density at radius 2 is 1.79 bits per heavy atom. The second-order valence-corrected chi connectivity index (χ2v) is 8.64. The standard InChI is InChI=1S/C26H30N4O3/c1-18(2)25(29-24(31)16-19-7-8-20-5-3-4-6-21(20)15-19)26(32)28-23-10-9-22(17-27-23)30-11-13-33-14-12-30/h3-10,15,17-18,25H,11-14,16H2,1-2H3,(H,29,31)(H,27,28,32). The first-order valence-electron chi connectivity index (χ1n) is 11.4. The summed E-state index contributed by atoms with van der Waals surface area (Å²) in [6.45, 7) is 6.88. The van der Waals surface area contributed by atoms with Gasteiger partial charge in [-0.2, -0.15) is 0 Å². The van der Waals surface area contributed by atoms with Crippen molar-refractivity contribution in [2.45, 2.75) is 26.3 Å². The smallest absolute Gasteiger partial charge is 0.248 e. The van der Waals surface area contributed by atoms with Crippen molar-refractivity contribution >= 4 is 34.1 Å². The van der Waals surface area contributed by atoms with Gasteiger partial charge in [-0.15, -0.1) is 0 Å². The number of carbonyl (C=O) groups excluding carboxylic acids is 2. The lowest BCUT2D eigenvalue weighted by Crippen LogP contribution is -2.47. The number of amides is 2. The molecule has 1 saturated heterocycles. The molecular formula is C26H30N4O3. The topological polar surface area (TPSA) is 83.6 Å². The SMILES string of the molecule is CC(C)C(NC(=O)Cc1ccc2ccccc2c1)C(=O)Nc1ccc(N2CCOCC2)cn1. The molecule has 1 aromatic heterocycles. The van der Waals surface area contributed by atoms with Crippen molar-refractivity contribution in [3.63, 3.8) is 0 Å². The van der Waals surface area contributed by atoms with Crippen LogP contribution in [0.3, 0.4) is 0 Å². The van der Waals surface area contributed by atoms with Gasteiger partial charge in [0, 0.05) is 13.1 Å². The van der Waals surface area contributed by atoms with Crippen LogP contribution in [0, 0.1) is 5.92 Å². The van der Waals surface area contributed by atoms with Crippen molar-refractivity contribution in [2.75, 3.05) is 36.5 Å². The van der Waals surface area contributed by atoms with E-state index < -0.39 is 6.04 Å². The van der Waals surface area contributed by atoms with Gasteiger partial charge in [-0.05, 0) is 34.4 Å². The van der Waals surface area contributed by atoms with Crippen molar-refractivity contribution in [1.82, 2.24) is 10.3 Å². The molecule has 0 saturated carbocycles. The first-order valence-corrected chi connectivity index (χ1v) is 11.4. The number of nitrogens with zero attached hydrogens (tertiary/aromatic N) is 2. The van der Waals surface area contributed by atoms with Gasteiger partial charge in [0.1, 0.15) is 11.9 Å². The van der Waals surface area contributed by atoms with Crippen LogP contribution < -0.4 is 15.5 Å². The molecule has 7 nitrogen and oxygen atoms in total. The van der Waals surface area contributed by atoms with Crippen LogP contribution in [-0.2, 0) is 20.7 Å². The third-order valence-corrected chi connectivity index (χ3v) is 5.82. The van der Waals surface area contributed by atoms with Crippen LogP contribution in [0.1, 0.15) is 19.4 Å². The van der Waals surface area contributed by atoms with E-state index in [1.165, 1.54) is 0 Å². The largest absolute Gasteiger partial charge is 0.378 e. The molecule has 33 heavy (non-hydrogen) atoms. The molecule has 1 aliphatic heterocycles. The summed E-state index contributed by atoms with van der Waals surface area (Å²) >= 11 is 0. The van der Waals surface area contributed by atoms with Gasteiger partial charge in [0.2, 0.25) is 11.8 Å². The monoisotopic (exact) mass is 446 g/mol. The highest BCUT2D eigenvalue weighted by molar-refractivity contribution is 5.97. The molecule has 2 heterocycles. The molecule has 3 aromatic rings. The molecule has 0 aliphatic carbocycles. The van der Waals surface area contributed by atoms with Crippen molar-refractivity contribution in [3.8, 4) is 0 Å². The summed E-state index contributed by atoms with van der Waals surface area (Å²) in [5, 5.41) is 7.96. The predicted molar refractivity (Wildman–Crippen MR) is 130 cm³/mol. The van der Waals surface area contributed by atoms with Gasteiger partial charge < -0.3 is 20.3 Å². The number of rotatable bonds is 7. The molecule has 1 unspecified atom stereocenters. The maximum atomic E-state index is 12.9. The zero-order valence-electron chi connectivity index (χ0n) is 19.1. The fraction of sp³-hybridized carbons (Fsp3) is 0.346. The number of pyridine rings is 1. The molecule has 2 amide bonds. The van der Waals surface area contributed by atoms with E-state index in [1.807, 2.05) is 62.4 Å². The van der Waals surface area contributed by atoms with Gasteiger partial charge in [0.05, 0.1) is 31.5 Å². The molecule has 0 radical (unpaired) electrons. The van der Waals surface area contributed by atoms with E-state index in [1.54, 1.807) is 12.3 Å². The minimum Gasteiger partial charge on any atom is -0.378 e. The maximum Gasteiger partial charge on any atom is 0.248 e. The molecule has 4 rings (SSSR count). The van der Waals surface area contributed by atoms with Crippen molar-refractivity contribution in [2.24, 2.45) is 5.92 Å². The van der Waals surface area contributed by atoms with Gasteiger partial charge in [-0.25, -0.2) is 4.98 Å². The molecule has 0 spiro atoms. The average Bonchev–Trinajstić information content (AvgIpc) is 2.83. The Bertz CT molecular complexity index is 1110. The second kappa shape index (κ2) is 10.4. The van der Waals surface area contributed by atoms with Crippen LogP contribution in [0.15, 0.2) is 60.8 Å². The number of morpholine rings is 1. The van der Waals surface area contributed by atoms with Crippen LogP contribution in [-0.4, -0.2) is 49.1 Å². The lowest BCUT2D eigenvalue weighted by atomic mass is 10.0. The normalized spacial score (nSPS) is 14.8. The Morgan fingerprint density at radius 1 is 1.03 bits per heavy atom. The summed E-state index contributed by atoms with van der Waals surface area (Å²) in [4.78, 5) is 32.2. The summed E-state index contributed by atoms with van der Waals surface area (Å²) in [7, 11) is 0. The number of nitrogens with one attached hydrogen (secondary N) is 2. The molecule has 2 aromatic carbocycles. The highest BCUT2D eigenvalue weighted by Crippen LogP contribution is 2.18. The summed E-state index contributed by atoms with van der Waals surface area (Å²) < 4.78 is 5.38. The number of carbonyl (C=O) groups is 2. The molecule has 172 valence electrons. The van der Waals surface area contributed by atoms with E-state index >= 15 is 0 Å². The maximum absolute atomic E-state index is 12.9. The third kappa shape index (κ3) is 5.87. The molecule has 0 bridgehead atoms. The number of hydrogen-bond donors (Lipinski definition) is 2. The highest BCUT2D eigenvalue weighted by atomic mass is 16.5. The lowest BCUT2D eigenvalue weighted by molar-refractivity contribution is -0.127. The number of benzene rings is 2. The molecule has 1 fully saturated rings. The van der Waals surface area contributed by atoms with E-state index in [2.05, 4.69) is 20.5 Å². The number of aromatic nitrogens is 1. The van der Waals surface area contributed by atoms with Gasteiger partial charge in [-0.1, -0.05) is 56.3 Å². The van der Waals surface area contributed by atoms with E-state index in [4.69, 9.17) is 4.74 Å². The van der Waals surface area contributed by atoms with E-state index in [9.17, 15) is 9.59 Å². The van der Waals surface area contributed by atoms with Crippen LogP contribution >= 0.6 is 0 Å². The Morgan fingerprint density at radius 3 is 2.48 bits per heavy atom. The minimum atomic E-state index is -0.654. The number of ether oxygens (including phenoxy) is 1. The van der Waals surface area contributed by atoms with Gasteiger partial charge in [0.25, 0.3) is 0 Å². The van der Waals surface area contributed by atoms with E-state index in [0.29, 0.717) is 19.0 Å². The first-order chi connectivity index (χ1) is 16.0. The van der Waals surface area contributed by atoms with Gasteiger partial charge in [0.15, 0.2) is 0 Å². The van der Waals surface area contributed by atoms with Crippen LogP contribution in [0.25, 0.3) is 10.8 Å². The third-order valence-electron chi connectivity index (χ3n) is 5.82. The molecular weight excluding hydrogens is 416 g/mol. The van der Waals surface area contributed by atoms with Gasteiger partial charge in [-0.3, -0.25) is 9.59 Å². The fourth-order valence-corrected chi connectivity index (χ4v) is 3.97. The summed E-state index contributed by atoms with van der Waals surface area (Å²) in [6.07, 6.45) is 1.97. The van der Waals surface area contributed by atoms with Crippen molar-refractivity contribution in [1.29, 1.82) is 0 Å². The Hall–Kier alpha value is -3.45. The predicted octanol–water partition coefficient (Wildman–Crippen LogP) is 3.39. The molecule has 1 aliphatic rings. The minimum absolute atomic E-state index is 0.0711. The fourth-order valence-electron chi connectivity index (χ4n) is 3.97. The highest BCUT2D eigenvalue weighted by Gasteiger charge is 2.25. The molecule has 1 atom stereocenters.